The Bertz CT molecular complexity index is 804. The van der Waals surface area contributed by atoms with Gasteiger partial charge in [-0.15, -0.1) is 0 Å². The molecule has 118 valence electrons. The number of amides is 1. The number of nitrogens with one attached hydrogen (secondary N) is 1. The largest absolute Gasteiger partial charge is 0.322 e. The monoisotopic (exact) mass is 350 g/mol. The number of carbonyl (C=O) groups excluding carboxylic acids is 1. The van der Waals surface area contributed by atoms with Gasteiger partial charge in [-0.05, 0) is 42.3 Å². The van der Waals surface area contributed by atoms with Crippen LogP contribution in [0.25, 0.3) is 6.08 Å². The molecule has 5 nitrogen and oxygen atoms in total. The summed E-state index contributed by atoms with van der Waals surface area (Å²) in [5.74, 6) is -0.354. The lowest BCUT2D eigenvalue weighted by molar-refractivity contribution is -0.384. The van der Waals surface area contributed by atoms with Crippen LogP contribution in [-0.4, -0.2) is 10.8 Å². The van der Waals surface area contributed by atoms with Crippen LogP contribution in [0.15, 0.2) is 42.5 Å². The van der Waals surface area contributed by atoms with Gasteiger partial charge in [0.05, 0.1) is 15.0 Å². The molecule has 0 saturated heterocycles. The fourth-order valence-corrected chi connectivity index (χ4v) is 2.17. The van der Waals surface area contributed by atoms with Gasteiger partial charge in [0.25, 0.3) is 5.69 Å². The van der Waals surface area contributed by atoms with Gasteiger partial charge in [0.2, 0.25) is 5.91 Å². The van der Waals surface area contributed by atoms with E-state index >= 15 is 0 Å². The Hall–Kier alpha value is -2.37. The molecule has 7 heteroatoms. The zero-order valence-corrected chi connectivity index (χ0v) is 13.6. The van der Waals surface area contributed by atoms with Gasteiger partial charge in [-0.3, -0.25) is 14.9 Å². The average molecular weight is 351 g/mol. The second-order valence-electron chi connectivity index (χ2n) is 4.75. The van der Waals surface area contributed by atoms with Gasteiger partial charge >= 0.3 is 0 Å². The van der Waals surface area contributed by atoms with E-state index in [2.05, 4.69) is 5.32 Å². The number of non-ortho nitro benzene ring substituents is 1. The van der Waals surface area contributed by atoms with Crippen LogP contribution in [0.3, 0.4) is 0 Å². The van der Waals surface area contributed by atoms with Crippen molar-refractivity contribution < 1.29 is 9.72 Å². The fraction of sp³-hybridized carbons (Fsp3) is 0.0625. The molecule has 0 aliphatic heterocycles. The molecule has 0 bridgehead atoms. The maximum absolute atomic E-state index is 11.9. The standard InChI is InChI=1S/C16H12Cl2N2O3/c1-10-8-12(20(22)23)4-6-15(10)19-16(21)7-3-11-2-5-13(17)14(18)9-11/h2-9H,1H3,(H,19,21)/b7-3+. The minimum atomic E-state index is -0.483. The normalized spacial score (nSPS) is 10.7. The molecule has 0 fully saturated rings. The van der Waals surface area contributed by atoms with Gasteiger partial charge in [0.15, 0.2) is 0 Å². The summed E-state index contributed by atoms with van der Waals surface area (Å²) in [7, 11) is 0. The first-order chi connectivity index (χ1) is 10.9. The first-order valence-corrected chi connectivity index (χ1v) is 7.31. The third-order valence-electron chi connectivity index (χ3n) is 3.05. The molecule has 1 N–H and O–H groups in total. The molecular formula is C16H12Cl2N2O3. The van der Waals surface area contributed by atoms with Gasteiger partial charge < -0.3 is 5.32 Å². The Morgan fingerprint density at radius 2 is 1.91 bits per heavy atom. The van der Waals surface area contributed by atoms with Crippen molar-refractivity contribution in [3.05, 3.63) is 73.8 Å². The minimum Gasteiger partial charge on any atom is -0.322 e. The van der Waals surface area contributed by atoms with Gasteiger partial charge in [0.1, 0.15) is 0 Å². The summed E-state index contributed by atoms with van der Waals surface area (Å²) in [5.41, 5.74) is 1.83. The summed E-state index contributed by atoms with van der Waals surface area (Å²) >= 11 is 11.7. The van der Waals surface area contributed by atoms with Crippen molar-refractivity contribution in [2.75, 3.05) is 5.32 Å². The highest BCUT2D eigenvalue weighted by Gasteiger charge is 2.09. The van der Waals surface area contributed by atoms with E-state index in [4.69, 9.17) is 23.2 Å². The Morgan fingerprint density at radius 1 is 1.17 bits per heavy atom. The second kappa shape index (κ2) is 7.26. The summed E-state index contributed by atoms with van der Waals surface area (Å²) in [6.07, 6.45) is 2.94. The Morgan fingerprint density at radius 3 is 2.52 bits per heavy atom. The number of halogens is 2. The molecule has 2 aromatic carbocycles. The molecule has 0 atom stereocenters. The molecule has 0 radical (unpaired) electrons. The van der Waals surface area contributed by atoms with Crippen molar-refractivity contribution in [2.45, 2.75) is 6.92 Å². The van der Waals surface area contributed by atoms with Crippen molar-refractivity contribution in [3.63, 3.8) is 0 Å². The number of nitro benzene ring substituents is 1. The minimum absolute atomic E-state index is 0.0214. The number of anilines is 1. The molecule has 0 aliphatic rings. The highest BCUT2D eigenvalue weighted by Crippen LogP contribution is 2.23. The lowest BCUT2D eigenvalue weighted by atomic mass is 10.1. The molecule has 0 heterocycles. The van der Waals surface area contributed by atoms with Crippen LogP contribution in [0.2, 0.25) is 10.0 Å². The number of hydrogen-bond donors (Lipinski definition) is 1. The molecule has 1 amide bonds. The van der Waals surface area contributed by atoms with Crippen LogP contribution in [0.1, 0.15) is 11.1 Å². The number of nitro groups is 1. The molecule has 2 aromatic rings. The maximum atomic E-state index is 11.9. The van der Waals surface area contributed by atoms with Gasteiger partial charge in [-0.2, -0.15) is 0 Å². The van der Waals surface area contributed by atoms with E-state index < -0.39 is 4.92 Å². The molecular weight excluding hydrogens is 339 g/mol. The third-order valence-corrected chi connectivity index (χ3v) is 3.79. The summed E-state index contributed by atoms with van der Waals surface area (Å²) in [6, 6.07) is 9.25. The lowest BCUT2D eigenvalue weighted by Gasteiger charge is -2.06. The van der Waals surface area contributed by atoms with Crippen LogP contribution in [0, 0.1) is 17.0 Å². The Kier molecular flexibility index (Phi) is 5.36. The van der Waals surface area contributed by atoms with E-state index in [0.717, 1.165) is 5.56 Å². The SMILES string of the molecule is Cc1cc([N+](=O)[O-])ccc1NC(=O)/C=C/c1ccc(Cl)c(Cl)c1. The van der Waals surface area contributed by atoms with Crippen LogP contribution in [0.5, 0.6) is 0 Å². The molecule has 0 saturated carbocycles. The van der Waals surface area contributed by atoms with Crippen molar-refractivity contribution in [1.29, 1.82) is 0 Å². The van der Waals surface area contributed by atoms with Crippen LogP contribution >= 0.6 is 23.2 Å². The summed E-state index contributed by atoms with van der Waals surface area (Å²) in [6.45, 7) is 1.69. The predicted molar refractivity (Wildman–Crippen MR) is 92.0 cm³/mol. The van der Waals surface area contributed by atoms with E-state index in [1.807, 2.05) is 0 Å². The molecule has 0 aliphatic carbocycles. The Balaban J connectivity index is 2.08. The topological polar surface area (TPSA) is 72.2 Å². The number of benzene rings is 2. The van der Waals surface area contributed by atoms with Crippen molar-refractivity contribution in [3.8, 4) is 0 Å². The predicted octanol–water partition coefficient (Wildman–Crippen LogP) is 4.86. The molecule has 0 spiro atoms. The highest BCUT2D eigenvalue weighted by atomic mass is 35.5. The van der Waals surface area contributed by atoms with Crippen molar-refractivity contribution in [2.24, 2.45) is 0 Å². The fourth-order valence-electron chi connectivity index (χ4n) is 1.86. The molecule has 23 heavy (non-hydrogen) atoms. The molecule has 0 unspecified atom stereocenters. The first-order valence-electron chi connectivity index (χ1n) is 6.56. The van der Waals surface area contributed by atoms with E-state index in [0.29, 0.717) is 21.3 Å². The Labute approximate surface area is 142 Å². The maximum Gasteiger partial charge on any atom is 0.269 e. The van der Waals surface area contributed by atoms with E-state index in [1.54, 1.807) is 31.2 Å². The van der Waals surface area contributed by atoms with Crippen LogP contribution < -0.4 is 5.32 Å². The van der Waals surface area contributed by atoms with Crippen LogP contribution in [0.4, 0.5) is 11.4 Å². The average Bonchev–Trinajstić information content (AvgIpc) is 2.50. The van der Waals surface area contributed by atoms with Gasteiger partial charge in [-0.25, -0.2) is 0 Å². The van der Waals surface area contributed by atoms with Crippen molar-refractivity contribution in [1.82, 2.24) is 0 Å². The highest BCUT2D eigenvalue weighted by molar-refractivity contribution is 6.42. The number of hydrogen-bond acceptors (Lipinski definition) is 3. The van der Waals surface area contributed by atoms with E-state index in [-0.39, 0.29) is 11.6 Å². The number of aryl methyl sites for hydroxylation is 1. The number of rotatable bonds is 4. The van der Waals surface area contributed by atoms with Gasteiger partial charge in [0, 0.05) is 23.9 Å². The quantitative estimate of drug-likeness (QED) is 0.486. The number of nitrogens with zero attached hydrogens (tertiary/aromatic N) is 1. The smallest absolute Gasteiger partial charge is 0.269 e. The zero-order chi connectivity index (χ0) is 17.0. The van der Waals surface area contributed by atoms with Crippen LogP contribution in [-0.2, 0) is 4.79 Å². The van der Waals surface area contributed by atoms with Crippen molar-refractivity contribution >= 4 is 46.6 Å². The second-order valence-corrected chi connectivity index (χ2v) is 5.57. The molecule has 2 rings (SSSR count). The zero-order valence-electron chi connectivity index (χ0n) is 12.0. The van der Waals surface area contributed by atoms with E-state index in [9.17, 15) is 14.9 Å². The molecule has 0 aromatic heterocycles. The third kappa shape index (κ3) is 4.55. The van der Waals surface area contributed by atoms with Gasteiger partial charge in [-0.1, -0.05) is 29.3 Å². The summed E-state index contributed by atoms with van der Waals surface area (Å²) in [5, 5.41) is 14.2. The summed E-state index contributed by atoms with van der Waals surface area (Å²) < 4.78 is 0. The lowest BCUT2D eigenvalue weighted by Crippen LogP contribution is -2.09. The number of carbonyl (C=O) groups is 1. The summed E-state index contributed by atoms with van der Waals surface area (Å²) in [4.78, 5) is 22.1. The first kappa shape index (κ1) is 17.0. The van der Waals surface area contributed by atoms with E-state index in [1.165, 1.54) is 24.3 Å².